The second-order valence-corrected chi connectivity index (χ2v) is 8.46. The van der Waals surface area contributed by atoms with Crippen LogP contribution < -0.4 is 0 Å². The molecule has 0 spiro atoms. The Morgan fingerprint density at radius 2 is 1.26 bits per heavy atom. The predicted octanol–water partition coefficient (Wildman–Crippen LogP) is 6.95. The van der Waals surface area contributed by atoms with E-state index in [0.717, 1.165) is 25.7 Å². The minimum Gasteiger partial charge on any atom is -0.274 e. The van der Waals surface area contributed by atoms with E-state index in [1.165, 1.54) is 69.1 Å². The molecule has 0 aromatic carbocycles. The molecule has 156 valence electrons. The Bertz CT molecular complexity index is 441. The Labute approximate surface area is 168 Å². The lowest BCUT2D eigenvalue weighted by molar-refractivity contribution is -0.143. The number of hydrogen-bond donors (Lipinski definition) is 0. The zero-order valence-corrected chi connectivity index (χ0v) is 18.2. The lowest BCUT2D eigenvalue weighted by Crippen LogP contribution is -2.48. The molecule has 0 aliphatic carbocycles. The van der Waals surface area contributed by atoms with E-state index < -0.39 is 5.54 Å². The molecular weight excluding hydrogens is 334 g/mol. The van der Waals surface area contributed by atoms with Crippen LogP contribution in [-0.4, -0.2) is 22.3 Å². The average molecular weight is 378 g/mol. The summed E-state index contributed by atoms with van der Waals surface area (Å²) in [5, 5.41) is 0. The fraction of sp³-hybridized carbons (Fsp3) is 0.833. The topological polar surface area (TPSA) is 37.4 Å². The SMILES string of the molecule is CCCCCCCCCCCCC=CC(C)(CCCC)N1C(=O)CCC1=O. The number of rotatable bonds is 16. The fourth-order valence-corrected chi connectivity index (χ4v) is 4.04. The number of imide groups is 1. The highest BCUT2D eigenvalue weighted by molar-refractivity contribution is 6.03. The number of nitrogens with zero attached hydrogens (tertiary/aromatic N) is 1. The van der Waals surface area contributed by atoms with Crippen LogP contribution in [0.15, 0.2) is 12.2 Å². The van der Waals surface area contributed by atoms with Crippen LogP contribution in [0.3, 0.4) is 0 Å². The molecule has 1 atom stereocenters. The van der Waals surface area contributed by atoms with Crippen molar-refractivity contribution in [2.24, 2.45) is 0 Å². The predicted molar refractivity (Wildman–Crippen MR) is 115 cm³/mol. The van der Waals surface area contributed by atoms with Crippen molar-refractivity contribution in [2.45, 2.75) is 129 Å². The highest BCUT2D eigenvalue weighted by atomic mass is 16.2. The van der Waals surface area contributed by atoms with Crippen molar-refractivity contribution in [3.8, 4) is 0 Å². The van der Waals surface area contributed by atoms with Gasteiger partial charge in [-0.2, -0.15) is 0 Å². The third-order valence-corrected chi connectivity index (χ3v) is 5.80. The van der Waals surface area contributed by atoms with Gasteiger partial charge in [-0.1, -0.05) is 96.6 Å². The first-order valence-electron chi connectivity index (χ1n) is 11.6. The lowest BCUT2D eigenvalue weighted by atomic mass is 9.91. The molecule has 0 aromatic heterocycles. The molecule has 1 heterocycles. The monoisotopic (exact) mass is 377 g/mol. The Kier molecular flexibility index (Phi) is 12.4. The van der Waals surface area contributed by atoms with Gasteiger partial charge < -0.3 is 0 Å². The second kappa shape index (κ2) is 14.0. The molecule has 0 N–H and O–H groups in total. The molecular formula is C24H43NO2. The number of amides is 2. The molecule has 1 unspecified atom stereocenters. The van der Waals surface area contributed by atoms with Gasteiger partial charge in [-0.3, -0.25) is 14.5 Å². The molecule has 27 heavy (non-hydrogen) atoms. The summed E-state index contributed by atoms with van der Waals surface area (Å²) in [4.78, 5) is 25.9. The van der Waals surface area contributed by atoms with Crippen molar-refractivity contribution in [3.05, 3.63) is 12.2 Å². The van der Waals surface area contributed by atoms with Crippen molar-refractivity contribution >= 4 is 11.8 Å². The Balaban J connectivity index is 2.27. The number of hydrogen-bond acceptors (Lipinski definition) is 2. The normalized spacial score (nSPS) is 17.2. The number of likely N-dealkylation sites (tertiary alicyclic amines) is 1. The van der Waals surface area contributed by atoms with E-state index in [2.05, 4.69) is 32.9 Å². The smallest absolute Gasteiger partial charge is 0.230 e. The van der Waals surface area contributed by atoms with Gasteiger partial charge in [0.15, 0.2) is 0 Å². The minimum absolute atomic E-state index is 0.00203. The summed E-state index contributed by atoms with van der Waals surface area (Å²) >= 11 is 0. The standard InChI is InChI=1S/C24H43NO2/c1-4-6-8-9-10-11-12-13-14-15-16-17-21-24(3,20-7-5-2)25-22(26)18-19-23(25)27/h17,21H,4-16,18-20H2,1-3H3. The van der Waals surface area contributed by atoms with Gasteiger partial charge in [0.1, 0.15) is 0 Å². The van der Waals surface area contributed by atoms with Crippen LogP contribution in [0, 0.1) is 0 Å². The van der Waals surface area contributed by atoms with Crippen molar-refractivity contribution < 1.29 is 9.59 Å². The van der Waals surface area contributed by atoms with E-state index in [0.29, 0.717) is 12.8 Å². The summed E-state index contributed by atoms with van der Waals surface area (Å²) in [7, 11) is 0. The van der Waals surface area contributed by atoms with Crippen LogP contribution in [0.2, 0.25) is 0 Å². The van der Waals surface area contributed by atoms with E-state index in [9.17, 15) is 9.59 Å². The van der Waals surface area contributed by atoms with Crippen molar-refractivity contribution in [1.29, 1.82) is 0 Å². The van der Waals surface area contributed by atoms with Crippen LogP contribution in [0.5, 0.6) is 0 Å². The Hall–Kier alpha value is -1.12. The first-order chi connectivity index (χ1) is 13.0. The molecule has 3 nitrogen and oxygen atoms in total. The van der Waals surface area contributed by atoms with Gasteiger partial charge in [0.05, 0.1) is 5.54 Å². The van der Waals surface area contributed by atoms with E-state index in [1.807, 2.05) is 0 Å². The second-order valence-electron chi connectivity index (χ2n) is 8.46. The van der Waals surface area contributed by atoms with Gasteiger partial charge in [-0.15, -0.1) is 0 Å². The Morgan fingerprint density at radius 3 is 1.78 bits per heavy atom. The third-order valence-electron chi connectivity index (χ3n) is 5.80. The molecule has 3 heteroatoms. The molecule has 0 radical (unpaired) electrons. The van der Waals surface area contributed by atoms with E-state index in [4.69, 9.17) is 0 Å². The van der Waals surface area contributed by atoms with Gasteiger partial charge in [-0.05, 0) is 26.2 Å². The molecule has 0 saturated carbocycles. The molecule has 1 rings (SSSR count). The third kappa shape index (κ3) is 9.08. The van der Waals surface area contributed by atoms with Gasteiger partial charge in [0.2, 0.25) is 11.8 Å². The molecule has 1 aliphatic heterocycles. The van der Waals surface area contributed by atoms with E-state index in [-0.39, 0.29) is 11.8 Å². The van der Waals surface area contributed by atoms with Gasteiger partial charge in [0, 0.05) is 12.8 Å². The summed E-state index contributed by atoms with van der Waals surface area (Å²) in [5.74, 6) is 0.00406. The van der Waals surface area contributed by atoms with Crippen molar-refractivity contribution in [1.82, 2.24) is 4.90 Å². The average Bonchev–Trinajstić information content (AvgIpc) is 3.00. The molecule has 0 aromatic rings. The van der Waals surface area contributed by atoms with Crippen LogP contribution in [0.25, 0.3) is 0 Å². The van der Waals surface area contributed by atoms with Crippen molar-refractivity contribution in [3.63, 3.8) is 0 Å². The van der Waals surface area contributed by atoms with Crippen molar-refractivity contribution in [2.75, 3.05) is 0 Å². The van der Waals surface area contributed by atoms with Crippen LogP contribution in [-0.2, 0) is 9.59 Å². The summed E-state index contributed by atoms with van der Waals surface area (Å²) in [6.45, 7) is 6.47. The zero-order chi connectivity index (χ0) is 20.0. The molecule has 0 bridgehead atoms. The summed E-state index contributed by atoms with van der Waals surface area (Å²) in [6, 6.07) is 0. The zero-order valence-electron chi connectivity index (χ0n) is 18.2. The van der Waals surface area contributed by atoms with Gasteiger partial charge >= 0.3 is 0 Å². The largest absolute Gasteiger partial charge is 0.274 e. The highest BCUT2D eigenvalue weighted by Gasteiger charge is 2.40. The minimum atomic E-state index is -0.431. The number of unbranched alkanes of at least 4 members (excludes halogenated alkanes) is 11. The van der Waals surface area contributed by atoms with E-state index in [1.54, 1.807) is 0 Å². The number of carbonyl (C=O) groups excluding carboxylic acids is 2. The number of carbonyl (C=O) groups is 2. The van der Waals surface area contributed by atoms with Gasteiger partial charge in [0.25, 0.3) is 0 Å². The maximum Gasteiger partial charge on any atom is 0.230 e. The number of allylic oxidation sites excluding steroid dienone is 1. The maximum absolute atomic E-state index is 12.2. The highest BCUT2D eigenvalue weighted by Crippen LogP contribution is 2.30. The molecule has 1 aliphatic rings. The van der Waals surface area contributed by atoms with Crippen LogP contribution in [0.4, 0.5) is 0 Å². The van der Waals surface area contributed by atoms with Gasteiger partial charge in [-0.25, -0.2) is 0 Å². The summed E-state index contributed by atoms with van der Waals surface area (Å²) in [5.41, 5.74) is -0.431. The first kappa shape index (κ1) is 23.9. The van der Waals surface area contributed by atoms with Crippen LogP contribution >= 0.6 is 0 Å². The van der Waals surface area contributed by atoms with E-state index >= 15 is 0 Å². The molecule has 1 fully saturated rings. The Morgan fingerprint density at radius 1 is 0.778 bits per heavy atom. The summed E-state index contributed by atoms with van der Waals surface area (Å²) in [6.07, 6.45) is 22.6. The summed E-state index contributed by atoms with van der Waals surface area (Å²) < 4.78 is 0. The molecule has 1 saturated heterocycles. The lowest BCUT2D eigenvalue weighted by Gasteiger charge is -2.35. The molecule has 2 amide bonds. The fourth-order valence-electron chi connectivity index (χ4n) is 4.04. The first-order valence-corrected chi connectivity index (χ1v) is 11.6. The maximum atomic E-state index is 12.2. The van der Waals surface area contributed by atoms with Crippen LogP contribution in [0.1, 0.15) is 124 Å². The quantitative estimate of drug-likeness (QED) is 0.166.